The molecule has 4 saturated carbocycles. The van der Waals surface area contributed by atoms with E-state index in [2.05, 4.69) is 28.1 Å². The normalized spacial score (nSPS) is 40.2. The Balaban J connectivity index is 1.41. The van der Waals surface area contributed by atoms with Crippen LogP contribution in [0.25, 0.3) is 10.9 Å². The Bertz CT molecular complexity index is 867. The van der Waals surface area contributed by atoms with Crippen molar-refractivity contribution in [3.05, 3.63) is 35.0 Å². The Kier molecular flexibility index (Phi) is 2.81. The van der Waals surface area contributed by atoms with Crippen molar-refractivity contribution in [3.63, 3.8) is 0 Å². The van der Waals surface area contributed by atoms with Crippen LogP contribution in [0.4, 0.5) is 0 Å². The molecule has 2 heteroatoms. The van der Waals surface area contributed by atoms with Gasteiger partial charge in [-0.05, 0) is 104 Å². The summed E-state index contributed by atoms with van der Waals surface area (Å²) in [6, 6.07) is 7.70. The summed E-state index contributed by atoms with van der Waals surface area (Å²) in [5, 5.41) is 5.28. The van der Waals surface area contributed by atoms with Crippen molar-refractivity contribution in [2.24, 2.45) is 17.8 Å². The number of hydrogen-bond acceptors (Lipinski definition) is 1. The second-order valence-corrected chi connectivity index (χ2v) is 10.4. The second kappa shape index (κ2) is 4.95. The van der Waals surface area contributed by atoms with E-state index >= 15 is 0 Å². The molecule has 1 aliphatic heterocycles. The Morgan fingerprint density at radius 1 is 1.00 bits per heavy atom. The fourth-order valence-electron chi connectivity index (χ4n) is 8.35. The number of nitrogens with zero attached hydrogens (tertiary/aromatic N) is 1. The smallest absolute Gasteiger partial charge is 0.0729 e. The van der Waals surface area contributed by atoms with Crippen LogP contribution in [0.2, 0.25) is 0 Å². The molecule has 0 radical (unpaired) electrons. The molecule has 2 aromatic rings. The number of fused-ring (bicyclic) bond motifs is 3. The highest BCUT2D eigenvalue weighted by molar-refractivity contribution is 5.87. The minimum absolute atomic E-state index is 0.532. The van der Waals surface area contributed by atoms with E-state index in [4.69, 9.17) is 0 Å². The van der Waals surface area contributed by atoms with Crippen LogP contribution in [0, 0.1) is 17.8 Å². The van der Waals surface area contributed by atoms with Gasteiger partial charge in [-0.3, -0.25) is 5.32 Å². The molecule has 0 saturated heterocycles. The van der Waals surface area contributed by atoms with E-state index in [-0.39, 0.29) is 0 Å². The lowest BCUT2D eigenvalue weighted by Gasteiger charge is -2.57. The molecule has 1 aromatic heterocycles. The van der Waals surface area contributed by atoms with Crippen LogP contribution >= 0.6 is 0 Å². The summed E-state index contributed by atoms with van der Waals surface area (Å²) >= 11 is 0. The van der Waals surface area contributed by atoms with Crippen molar-refractivity contribution in [1.82, 2.24) is 9.88 Å². The summed E-state index contributed by atoms with van der Waals surface area (Å²) in [5.41, 5.74) is 7.14. The van der Waals surface area contributed by atoms with E-state index in [9.17, 15) is 0 Å². The third-order valence-electron chi connectivity index (χ3n) is 8.89. The molecule has 8 rings (SSSR count). The van der Waals surface area contributed by atoms with Gasteiger partial charge in [-0.1, -0.05) is 6.07 Å². The van der Waals surface area contributed by atoms with Crippen molar-refractivity contribution < 1.29 is 0 Å². The number of aryl methyl sites for hydroxylation is 1. The molecule has 4 bridgehead atoms. The van der Waals surface area contributed by atoms with Crippen LogP contribution in [0.15, 0.2) is 18.2 Å². The SMILES string of the molecule is c1cc2c(cc1C13CC4CC(CC(C4)C1)C3)c1c3n2CNC[C@@H]3CCC1. The number of nitrogens with one attached hydrogen (secondary N) is 1. The van der Waals surface area contributed by atoms with E-state index in [1.165, 1.54) is 50.6 Å². The van der Waals surface area contributed by atoms with Gasteiger partial charge >= 0.3 is 0 Å². The maximum Gasteiger partial charge on any atom is 0.0729 e. The zero-order valence-electron chi connectivity index (χ0n) is 15.8. The minimum Gasteiger partial charge on any atom is -0.331 e. The van der Waals surface area contributed by atoms with Gasteiger partial charge < -0.3 is 4.57 Å². The van der Waals surface area contributed by atoms with Gasteiger partial charge in [0.05, 0.1) is 6.67 Å². The maximum absolute atomic E-state index is 3.67. The fraction of sp³-hybridized carbons (Fsp3) is 0.667. The molecule has 6 aliphatic rings. The van der Waals surface area contributed by atoms with E-state index in [1.807, 2.05) is 0 Å². The molecular weight excluding hydrogens is 316 g/mol. The minimum atomic E-state index is 0.532. The molecule has 2 nitrogen and oxygen atoms in total. The molecule has 1 N–H and O–H groups in total. The largest absolute Gasteiger partial charge is 0.331 e. The fourth-order valence-corrected chi connectivity index (χ4v) is 8.35. The molecule has 1 aromatic carbocycles. The van der Waals surface area contributed by atoms with Crippen molar-refractivity contribution >= 4 is 10.9 Å². The first-order chi connectivity index (χ1) is 12.8. The molecule has 4 fully saturated rings. The van der Waals surface area contributed by atoms with Gasteiger partial charge in [-0.2, -0.15) is 0 Å². The van der Waals surface area contributed by atoms with E-state index < -0.39 is 0 Å². The molecule has 2 heterocycles. The number of hydrogen-bond donors (Lipinski definition) is 1. The summed E-state index contributed by atoms with van der Waals surface area (Å²) < 4.78 is 2.61. The Hall–Kier alpha value is -1.28. The average Bonchev–Trinajstić information content (AvgIpc) is 2.97. The first-order valence-electron chi connectivity index (χ1n) is 11.2. The predicted octanol–water partition coefficient (Wildman–Crippen LogP) is 5.09. The van der Waals surface area contributed by atoms with E-state index in [1.54, 1.807) is 41.5 Å². The highest BCUT2D eigenvalue weighted by Crippen LogP contribution is 2.61. The molecule has 0 spiro atoms. The summed E-state index contributed by atoms with van der Waals surface area (Å²) in [6.07, 6.45) is 13.1. The second-order valence-electron chi connectivity index (χ2n) is 10.4. The van der Waals surface area contributed by atoms with Crippen molar-refractivity contribution in [3.8, 4) is 0 Å². The zero-order chi connectivity index (χ0) is 16.9. The van der Waals surface area contributed by atoms with Crippen LogP contribution in [-0.4, -0.2) is 11.1 Å². The maximum atomic E-state index is 3.67. The molecule has 0 unspecified atom stereocenters. The van der Waals surface area contributed by atoms with Gasteiger partial charge in [0.25, 0.3) is 0 Å². The average molecular weight is 347 g/mol. The topological polar surface area (TPSA) is 17.0 Å². The lowest BCUT2D eigenvalue weighted by molar-refractivity contribution is -0.00513. The Morgan fingerprint density at radius 2 is 1.77 bits per heavy atom. The molecule has 26 heavy (non-hydrogen) atoms. The summed E-state index contributed by atoms with van der Waals surface area (Å²) in [7, 11) is 0. The zero-order valence-corrected chi connectivity index (χ0v) is 15.8. The number of aromatic nitrogens is 1. The molecule has 5 aliphatic carbocycles. The summed E-state index contributed by atoms with van der Waals surface area (Å²) in [5.74, 6) is 3.85. The molecule has 1 atom stereocenters. The molecular formula is C24H30N2. The van der Waals surface area contributed by atoms with Gasteiger partial charge in [0.15, 0.2) is 0 Å². The van der Waals surface area contributed by atoms with Gasteiger partial charge in [-0.15, -0.1) is 0 Å². The van der Waals surface area contributed by atoms with Crippen molar-refractivity contribution in [1.29, 1.82) is 0 Å². The molecule has 136 valence electrons. The van der Waals surface area contributed by atoms with Gasteiger partial charge in [0.1, 0.15) is 0 Å². The van der Waals surface area contributed by atoms with Crippen LogP contribution in [0.1, 0.15) is 74.1 Å². The highest BCUT2D eigenvalue weighted by Gasteiger charge is 2.51. The van der Waals surface area contributed by atoms with Crippen molar-refractivity contribution in [2.75, 3.05) is 6.54 Å². The van der Waals surface area contributed by atoms with Gasteiger partial charge in [0, 0.05) is 29.1 Å². The number of benzene rings is 1. The van der Waals surface area contributed by atoms with E-state index in [0.29, 0.717) is 5.41 Å². The lowest BCUT2D eigenvalue weighted by Crippen LogP contribution is -2.48. The molecule has 0 amide bonds. The lowest BCUT2D eigenvalue weighted by atomic mass is 9.48. The third kappa shape index (κ3) is 1.82. The summed E-state index contributed by atoms with van der Waals surface area (Å²) in [4.78, 5) is 0. The third-order valence-corrected chi connectivity index (χ3v) is 8.89. The van der Waals surface area contributed by atoms with Crippen LogP contribution < -0.4 is 5.32 Å². The quantitative estimate of drug-likeness (QED) is 0.761. The summed E-state index contributed by atoms with van der Waals surface area (Å²) in [6.45, 7) is 2.20. The first-order valence-corrected chi connectivity index (χ1v) is 11.2. The predicted molar refractivity (Wildman–Crippen MR) is 105 cm³/mol. The first kappa shape index (κ1) is 14.7. The monoisotopic (exact) mass is 346 g/mol. The Labute approximate surface area is 156 Å². The van der Waals surface area contributed by atoms with Crippen molar-refractivity contribution in [2.45, 2.75) is 75.8 Å². The highest BCUT2D eigenvalue weighted by atomic mass is 15.2. The van der Waals surface area contributed by atoms with E-state index in [0.717, 1.165) is 30.3 Å². The van der Waals surface area contributed by atoms with Crippen LogP contribution in [0.5, 0.6) is 0 Å². The number of rotatable bonds is 1. The standard InChI is InChI=1S/C24H30N2/c1-2-18-13-25-14-26-22-5-4-19(9-21(22)20(3-1)23(18)26)24-10-15-6-16(11-24)8-17(7-15)12-24/h4-5,9,15-18,25H,1-3,6-8,10-14H2/t15?,16?,17?,18-,24?/m0/s1. The van der Waals surface area contributed by atoms with Crippen LogP contribution in [0.3, 0.4) is 0 Å². The van der Waals surface area contributed by atoms with Gasteiger partial charge in [0.2, 0.25) is 0 Å². The Morgan fingerprint density at radius 3 is 2.54 bits per heavy atom. The van der Waals surface area contributed by atoms with Crippen LogP contribution in [-0.2, 0) is 18.5 Å². The van der Waals surface area contributed by atoms with Gasteiger partial charge in [-0.25, -0.2) is 0 Å².